The molecule has 30 heavy (non-hydrogen) atoms. The van der Waals surface area contributed by atoms with Gasteiger partial charge in [-0.3, -0.25) is 4.79 Å². The molecule has 1 unspecified atom stereocenters. The molecule has 0 aliphatic carbocycles. The summed E-state index contributed by atoms with van der Waals surface area (Å²) < 4.78 is 89.0. The number of carbonyl (C=O) groups excluding carboxylic acids is 1. The average Bonchev–Trinajstić information content (AvgIpc) is 2.61. The van der Waals surface area contributed by atoms with E-state index < -0.39 is 37.7 Å². The van der Waals surface area contributed by atoms with Gasteiger partial charge < -0.3 is 10.4 Å². The van der Waals surface area contributed by atoms with Gasteiger partial charge in [-0.2, -0.15) is 21.8 Å². The van der Waals surface area contributed by atoms with Gasteiger partial charge >= 0.3 is 6.18 Å². The van der Waals surface area contributed by atoms with Crippen molar-refractivity contribution in [3.63, 3.8) is 0 Å². The first-order chi connectivity index (χ1) is 13.5. The number of rotatable bonds is 5. The first-order valence-electron chi connectivity index (χ1n) is 8.33. The maximum absolute atomic E-state index is 12.7. The average molecular weight is 494 g/mol. The van der Waals surface area contributed by atoms with Gasteiger partial charge in [0.05, 0.1) is 21.9 Å². The highest BCUT2D eigenvalue weighted by molar-refractivity contribution is 7.89. The number of anilines is 1. The Morgan fingerprint density at radius 1 is 1.10 bits per heavy atom. The molecule has 0 radical (unpaired) electrons. The first kappa shape index (κ1) is 24.8. The molecule has 0 aromatic heterocycles. The van der Waals surface area contributed by atoms with Crippen molar-refractivity contribution in [3.05, 3.63) is 23.2 Å². The van der Waals surface area contributed by atoms with Crippen LogP contribution in [-0.2, 0) is 24.8 Å². The fourth-order valence-electron chi connectivity index (χ4n) is 2.52. The monoisotopic (exact) mass is 493 g/mol. The minimum atomic E-state index is -5.24. The third-order valence-electron chi connectivity index (χ3n) is 4.49. The summed E-state index contributed by atoms with van der Waals surface area (Å²) in [6, 6.07) is 2.96. The van der Waals surface area contributed by atoms with Crippen molar-refractivity contribution in [1.82, 2.24) is 8.61 Å². The number of hydrogen-bond acceptors (Lipinski definition) is 6. The zero-order valence-corrected chi connectivity index (χ0v) is 18.2. The van der Waals surface area contributed by atoms with Crippen molar-refractivity contribution in [3.8, 4) is 0 Å². The highest BCUT2D eigenvalue weighted by atomic mass is 35.5. The van der Waals surface area contributed by atoms with Gasteiger partial charge in [-0.25, -0.2) is 16.8 Å². The van der Waals surface area contributed by atoms with E-state index in [1.54, 1.807) is 0 Å². The molecule has 1 aromatic rings. The van der Waals surface area contributed by atoms with Crippen LogP contribution in [0.1, 0.15) is 6.92 Å². The number of aliphatic hydroxyl groups is 1. The summed E-state index contributed by atoms with van der Waals surface area (Å²) in [5, 5.41) is 10.8. The summed E-state index contributed by atoms with van der Waals surface area (Å²) >= 11 is 5.92. The molecule has 0 spiro atoms. The summed E-state index contributed by atoms with van der Waals surface area (Å²) in [5.74, 6) is -1.79. The van der Waals surface area contributed by atoms with Crippen LogP contribution in [-0.4, -0.2) is 80.7 Å². The summed E-state index contributed by atoms with van der Waals surface area (Å²) in [5.41, 5.74) is -4.01. The lowest BCUT2D eigenvalue weighted by atomic mass is 10.1. The molecule has 0 bridgehead atoms. The predicted octanol–water partition coefficient (Wildman–Crippen LogP) is 0.858. The van der Waals surface area contributed by atoms with Gasteiger partial charge in [0.15, 0.2) is 0 Å². The van der Waals surface area contributed by atoms with Crippen molar-refractivity contribution < 1.29 is 39.9 Å². The number of nitrogens with one attached hydrogen (secondary N) is 1. The Bertz CT molecular complexity index is 1040. The Morgan fingerprint density at radius 2 is 1.60 bits per heavy atom. The van der Waals surface area contributed by atoms with Crippen molar-refractivity contribution in [2.24, 2.45) is 0 Å². The van der Waals surface area contributed by atoms with Crippen molar-refractivity contribution in [1.29, 1.82) is 0 Å². The molecule has 170 valence electrons. The number of alkyl halides is 3. The molecule has 2 rings (SSSR count). The highest BCUT2D eigenvalue weighted by Crippen LogP contribution is 2.33. The normalized spacial score (nSPS) is 19.3. The van der Waals surface area contributed by atoms with Crippen LogP contribution in [0.25, 0.3) is 0 Å². The van der Waals surface area contributed by atoms with Crippen molar-refractivity contribution in [2.75, 3.05) is 37.8 Å². The van der Waals surface area contributed by atoms with Gasteiger partial charge in [-0.15, -0.1) is 0 Å². The molecular formula is C15H19ClF3N3O6S2. The minimum absolute atomic E-state index is 0.0353. The Kier molecular flexibility index (Phi) is 6.82. The molecule has 1 aliphatic heterocycles. The Hall–Kier alpha value is -1.45. The molecule has 1 amide bonds. The molecule has 1 aromatic carbocycles. The van der Waals surface area contributed by atoms with Crippen molar-refractivity contribution >= 4 is 43.2 Å². The quantitative estimate of drug-likeness (QED) is 0.627. The molecule has 15 heteroatoms. The maximum atomic E-state index is 12.7. The third-order valence-corrected chi connectivity index (χ3v) is 8.00. The number of carbonyl (C=O) groups is 1. The number of benzene rings is 1. The standard InChI is InChI=1S/C15H19ClF3N3O6S2/c1-14(24,15(17,18)19)13(23)20-12-4-3-10(9-11(12)16)30(27,28)22-7-5-21(6-8-22)29(2,25)26/h3-4,9,24H,5-8H2,1-2H3,(H,20,23). The number of piperazine rings is 1. The number of nitrogens with zero attached hydrogens (tertiary/aromatic N) is 2. The topological polar surface area (TPSA) is 124 Å². The largest absolute Gasteiger partial charge is 0.426 e. The molecule has 1 saturated heterocycles. The van der Waals surface area contributed by atoms with Crippen LogP contribution in [0.5, 0.6) is 0 Å². The zero-order chi connectivity index (χ0) is 23.1. The number of amides is 1. The van der Waals surface area contributed by atoms with Gasteiger partial charge in [0.1, 0.15) is 0 Å². The van der Waals surface area contributed by atoms with E-state index in [9.17, 15) is 39.9 Å². The van der Waals surface area contributed by atoms with E-state index in [4.69, 9.17) is 11.6 Å². The number of halogens is 4. The summed E-state index contributed by atoms with van der Waals surface area (Å²) in [4.78, 5) is 11.5. The molecule has 1 heterocycles. The van der Waals surface area contributed by atoms with E-state index in [1.807, 2.05) is 5.32 Å². The van der Waals surface area contributed by atoms with Gasteiger partial charge in [0.25, 0.3) is 5.91 Å². The SMILES string of the molecule is CC(O)(C(=O)Nc1ccc(S(=O)(=O)N2CCN(S(C)(=O)=O)CC2)cc1Cl)C(F)(F)F. The third kappa shape index (κ3) is 5.06. The van der Waals surface area contributed by atoms with Crippen molar-refractivity contribution in [2.45, 2.75) is 23.6 Å². The summed E-state index contributed by atoms with van der Waals surface area (Å²) in [7, 11) is -7.52. The lowest BCUT2D eigenvalue weighted by Gasteiger charge is -2.32. The fraction of sp³-hybridized carbons (Fsp3) is 0.533. The van der Waals surface area contributed by atoms with E-state index >= 15 is 0 Å². The van der Waals surface area contributed by atoms with Crippen LogP contribution in [0.15, 0.2) is 23.1 Å². The molecule has 9 nitrogen and oxygen atoms in total. The molecule has 1 fully saturated rings. The van der Waals surface area contributed by atoms with Gasteiger partial charge in [0.2, 0.25) is 25.6 Å². The van der Waals surface area contributed by atoms with Crippen LogP contribution in [0, 0.1) is 0 Å². The Morgan fingerprint density at radius 3 is 2.03 bits per heavy atom. The Balaban J connectivity index is 2.20. The predicted molar refractivity (Wildman–Crippen MR) is 102 cm³/mol. The first-order valence-corrected chi connectivity index (χ1v) is 12.0. The fourth-order valence-corrected chi connectivity index (χ4v) is 5.09. The lowest BCUT2D eigenvalue weighted by Crippen LogP contribution is -2.52. The lowest BCUT2D eigenvalue weighted by molar-refractivity contribution is -0.242. The van der Waals surface area contributed by atoms with Crippen LogP contribution in [0.3, 0.4) is 0 Å². The minimum Gasteiger partial charge on any atom is -0.373 e. The second-order valence-corrected chi connectivity index (χ2v) is 11.1. The summed E-state index contributed by atoms with van der Waals surface area (Å²) in [6.45, 7) is 0.00402. The Labute approximate surface area is 176 Å². The maximum Gasteiger partial charge on any atom is 0.426 e. The second-order valence-electron chi connectivity index (χ2n) is 6.73. The van der Waals surface area contributed by atoms with E-state index in [0.29, 0.717) is 0 Å². The molecule has 2 N–H and O–H groups in total. The van der Waals surface area contributed by atoms with E-state index in [0.717, 1.165) is 33.1 Å². The van der Waals surface area contributed by atoms with Crippen LogP contribution in [0.4, 0.5) is 18.9 Å². The molecule has 1 atom stereocenters. The van der Waals surface area contributed by atoms with Crippen LogP contribution >= 0.6 is 11.6 Å². The van der Waals surface area contributed by atoms with E-state index in [2.05, 4.69) is 0 Å². The highest BCUT2D eigenvalue weighted by Gasteiger charge is 2.55. The second kappa shape index (κ2) is 8.24. The number of hydrogen-bond donors (Lipinski definition) is 2. The van der Waals surface area contributed by atoms with Crippen LogP contribution in [0.2, 0.25) is 5.02 Å². The van der Waals surface area contributed by atoms with Gasteiger partial charge in [0, 0.05) is 26.2 Å². The molecule has 0 saturated carbocycles. The van der Waals surface area contributed by atoms with Gasteiger partial charge in [-0.05, 0) is 25.1 Å². The molecule has 1 aliphatic rings. The van der Waals surface area contributed by atoms with E-state index in [-0.39, 0.29) is 48.7 Å². The smallest absolute Gasteiger partial charge is 0.373 e. The zero-order valence-electron chi connectivity index (χ0n) is 15.8. The van der Waals surface area contributed by atoms with Crippen LogP contribution < -0.4 is 5.32 Å². The molecular weight excluding hydrogens is 475 g/mol. The number of sulfonamides is 2. The van der Waals surface area contributed by atoms with E-state index in [1.165, 1.54) is 0 Å². The summed E-state index contributed by atoms with van der Waals surface area (Å²) in [6.07, 6.45) is -4.22. The van der Waals surface area contributed by atoms with Gasteiger partial charge in [-0.1, -0.05) is 11.6 Å².